The molecule has 0 aromatic carbocycles. The second-order valence-corrected chi connectivity index (χ2v) is 5.80. The lowest BCUT2D eigenvalue weighted by Gasteiger charge is -2.12. The van der Waals surface area contributed by atoms with Crippen molar-refractivity contribution < 1.29 is 4.74 Å². The fourth-order valence-corrected chi connectivity index (χ4v) is 4.28. The Labute approximate surface area is 77.0 Å². The Morgan fingerprint density at radius 2 is 2.18 bits per heavy atom. The molecule has 0 amide bonds. The van der Waals surface area contributed by atoms with Crippen LogP contribution in [0.25, 0.3) is 0 Å². The van der Waals surface area contributed by atoms with Crippen LogP contribution >= 0.6 is 21.6 Å². The first-order valence-electron chi connectivity index (χ1n) is 4.20. The summed E-state index contributed by atoms with van der Waals surface area (Å²) >= 11 is 0. The average molecular weight is 192 g/mol. The van der Waals surface area contributed by atoms with E-state index in [0.717, 1.165) is 5.25 Å². The third-order valence-corrected chi connectivity index (χ3v) is 4.85. The monoisotopic (exact) mass is 192 g/mol. The zero-order chi connectivity index (χ0) is 8.27. The fraction of sp³-hybridized carbons (Fsp3) is 1.00. The quantitative estimate of drug-likeness (QED) is 0.635. The lowest BCUT2D eigenvalue weighted by Crippen LogP contribution is -2.13. The second kappa shape index (κ2) is 4.63. The molecule has 0 saturated carbocycles. The minimum absolute atomic E-state index is 0.378. The highest BCUT2D eigenvalue weighted by Crippen LogP contribution is 2.45. The summed E-state index contributed by atoms with van der Waals surface area (Å²) in [7, 11) is 3.88. The molecule has 1 aliphatic heterocycles. The number of ether oxygens (including phenoxy) is 1. The van der Waals surface area contributed by atoms with E-state index >= 15 is 0 Å². The molecule has 1 rings (SSSR count). The van der Waals surface area contributed by atoms with Gasteiger partial charge in [-0.05, 0) is 26.7 Å². The predicted octanol–water partition coefficient (Wildman–Crippen LogP) is 3.30. The first-order chi connectivity index (χ1) is 5.22. The van der Waals surface area contributed by atoms with Crippen LogP contribution in [-0.2, 0) is 4.74 Å². The molecule has 0 radical (unpaired) electrons. The first-order valence-corrected chi connectivity index (χ1v) is 6.47. The fourth-order valence-electron chi connectivity index (χ4n) is 1.05. The maximum atomic E-state index is 5.69. The van der Waals surface area contributed by atoms with E-state index in [4.69, 9.17) is 4.74 Å². The third-order valence-electron chi connectivity index (χ3n) is 1.63. The molecular weight excluding hydrogens is 176 g/mol. The Bertz CT molecular complexity index is 117. The third kappa shape index (κ3) is 3.26. The molecule has 1 nitrogen and oxygen atoms in total. The highest BCUT2D eigenvalue weighted by atomic mass is 33.1. The van der Waals surface area contributed by atoms with E-state index in [0.29, 0.717) is 11.5 Å². The van der Waals surface area contributed by atoms with Crippen molar-refractivity contribution >= 4 is 21.6 Å². The van der Waals surface area contributed by atoms with E-state index < -0.39 is 0 Å². The maximum Gasteiger partial charge on any atom is 0.114 e. The lowest BCUT2D eigenvalue weighted by molar-refractivity contribution is 0.0570. The molecule has 1 aliphatic rings. The largest absolute Gasteiger partial charge is 0.364 e. The van der Waals surface area contributed by atoms with Crippen molar-refractivity contribution in [1.82, 2.24) is 0 Å². The molecule has 0 aromatic heterocycles. The summed E-state index contributed by atoms with van der Waals surface area (Å²) in [6.45, 7) is 6.45. The zero-order valence-corrected chi connectivity index (χ0v) is 9.00. The number of rotatable bonds is 3. The predicted molar refractivity (Wildman–Crippen MR) is 53.9 cm³/mol. The minimum atomic E-state index is 0.378. The Hall–Kier alpha value is 0.660. The van der Waals surface area contributed by atoms with Gasteiger partial charge in [0, 0.05) is 5.25 Å². The van der Waals surface area contributed by atoms with Crippen molar-refractivity contribution in [1.29, 1.82) is 0 Å². The Kier molecular flexibility index (Phi) is 4.10. The van der Waals surface area contributed by atoms with E-state index in [1.807, 2.05) is 21.6 Å². The standard InChI is InChI=1S/C8H16OS2/c1-4-7-5-8(11-10-7)9-6(2)3/h6-8H,4-5H2,1-3H3. The van der Waals surface area contributed by atoms with Crippen LogP contribution in [0.1, 0.15) is 33.6 Å². The normalized spacial score (nSPS) is 31.6. The summed E-state index contributed by atoms with van der Waals surface area (Å²) in [6, 6.07) is 0. The highest BCUT2D eigenvalue weighted by Gasteiger charge is 2.25. The van der Waals surface area contributed by atoms with Crippen LogP contribution in [0, 0.1) is 0 Å². The van der Waals surface area contributed by atoms with Gasteiger partial charge < -0.3 is 4.74 Å². The van der Waals surface area contributed by atoms with Gasteiger partial charge in [0.15, 0.2) is 0 Å². The van der Waals surface area contributed by atoms with Gasteiger partial charge in [0.05, 0.1) is 6.10 Å². The van der Waals surface area contributed by atoms with Gasteiger partial charge in [-0.1, -0.05) is 28.5 Å². The van der Waals surface area contributed by atoms with Crippen molar-refractivity contribution in [3.05, 3.63) is 0 Å². The van der Waals surface area contributed by atoms with Crippen molar-refractivity contribution in [2.45, 2.75) is 50.4 Å². The summed E-state index contributed by atoms with van der Waals surface area (Å²) in [5, 5.41) is 0.823. The van der Waals surface area contributed by atoms with Gasteiger partial charge in [-0.3, -0.25) is 0 Å². The topological polar surface area (TPSA) is 9.23 Å². The Balaban J connectivity index is 2.19. The van der Waals surface area contributed by atoms with E-state index in [9.17, 15) is 0 Å². The molecule has 11 heavy (non-hydrogen) atoms. The highest BCUT2D eigenvalue weighted by molar-refractivity contribution is 8.77. The molecule has 0 spiro atoms. The molecular formula is C8H16OS2. The summed E-state index contributed by atoms with van der Waals surface area (Å²) in [5.41, 5.74) is 0.449. The van der Waals surface area contributed by atoms with E-state index in [2.05, 4.69) is 20.8 Å². The van der Waals surface area contributed by atoms with Crippen LogP contribution in [0.2, 0.25) is 0 Å². The smallest absolute Gasteiger partial charge is 0.114 e. The van der Waals surface area contributed by atoms with E-state index in [1.54, 1.807) is 0 Å². The summed E-state index contributed by atoms with van der Waals surface area (Å²) in [6.07, 6.45) is 2.88. The zero-order valence-electron chi connectivity index (χ0n) is 7.37. The minimum Gasteiger partial charge on any atom is -0.364 e. The average Bonchev–Trinajstić information content (AvgIpc) is 2.34. The van der Waals surface area contributed by atoms with Gasteiger partial charge in [-0.2, -0.15) is 0 Å². The molecule has 2 atom stereocenters. The summed E-state index contributed by atoms with van der Waals surface area (Å²) < 4.78 is 5.69. The van der Waals surface area contributed by atoms with Crippen molar-refractivity contribution in [3.63, 3.8) is 0 Å². The molecule has 3 heteroatoms. The molecule has 2 unspecified atom stereocenters. The van der Waals surface area contributed by atoms with Crippen molar-refractivity contribution in [3.8, 4) is 0 Å². The van der Waals surface area contributed by atoms with Crippen LogP contribution in [0.4, 0.5) is 0 Å². The molecule has 66 valence electrons. The molecule has 1 saturated heterocycles. The second-order valence-electron chi connectivity index (χ2n) is 3.07. The molecule has 1 heterocycles. The number of hydrogen-bond donors (Lipinski definition) is 0. The van der Waals surface area contributed by atoms with E-state index in [1.165, 1.54) is 12.8 Å². The summed E-state index contributed by atoms with van der Waals surface area (Å²) in [5.74, 6) is 0. The van der Waals surface area contributed by atoms with Crippen LogP contribution in [0.3, 0.4) is 0 Å². The van der Waals surface area contributed by atoms with Gasteiger partial charge >= 0.3 is 0 Å². The van der Waals surface area contributed by atoms with Crippen LogP contribution < -0.4 is 0 Å². The Morgan fingerprint density at radius 1 is 1.45 bits per heavy atom. The van der Waals surface area contributed by atoms with Gasteiger partial charge in [-0.15, -0.1) is 0 Å². The maximum absolute atomic E-state index is 5.69. The molecule has 0 N–H and O–H groups in total. The summed E-state index contributed by atoms with van der Waals surface area (Å²) in [4.78, 5) is 0. The van der Waals surface area contributed by atoms with Gasteiger partial charge in [0.1, 0.15) is 5.44 Å². The van der Waals surface area contributed by atoms with Crippen LogP contribution in [-0.4, -0.2) is 16.8 Å². The van der Waals surface area contributed by atoms with Gasteiger partial charge in [0.25, 0.3) is 0 Å². The van der Waals surface area contributed by atoms with Crippen molar-refractivity contribution in [2.75, 3.05) is 0 Å². The van der Waals surface area contributed by atoms with Gasteiger partial charge in [-0.25, -0.2) is 0 Å². The molecule has 1 fully saturated rings. The van der Waals surface area contributed by atoms with Crippen LogP contribution in [0.15, 0.2) is 0 Å². The molecule has 0 aliphatic carbocycles. The van der Waals surface area contributed by atoms with Gasteiger partial charge in [0.2, 0.25) is 0 Å². The first kappa shape index (κ1) is 9.75. The number of hydrogen-bond acceptors (Lipinski definition) is 3. The molecule has 0 aromatic rings. The lowest BCUT2D eigenvalue weighted by atomic mass is 10.2. The SMILES string of the molecule is CCC1CC(OC(C)C)SS1. The van der Waals surface area contributed by atoms with Crippen LogP contribution in [0.5, 0.6) is 0 Å². The molecule has 0 bridgehead atoms. The van der Waals surface area contributed by atoms with Crippen molar-refractivity contribution in [2.24, 2.45) is 0 Å². The van der Waals surface area contributed by atoms with E-state index in [-0.39, 0.29) is 0 Å². The Morgan fingerprint density at radius 3 is 2.64 bits per heavy atom.